The highest BCUT2D eigenvalue weighted by molar-refractivity contribution is 6.30. The SMILES string of the molecule is C=C1C=C(Cl)N=C2NC(C(F)(F)F)CCN12. The molecular weight excluding hydrogens is 243 g/mol. The highest BCUT2D eigenvalue weighted by Crippen LogP contribution is 2.28. The Bertz CT molecular complexity index is 386. The molecule has 88 valence electrons. The summed E-state index contributed by atoms with van der Waals surface area (Å²) in [5.41, 5.74) is 0.545. The minimum Gasteiger partial charge on any atom is -0.344 e. The molecule has 0 aromatic rings. The van der Waals surface area contributed by atoms with Crippen molar-refractivity contribution in [1.82, 2.24) is 10.2 Å². The summed E-state index contributed by atoms with van der Waals surface area (Å²) in [4.78, 5) is 5.39. The zero-order chi connectivity index (χ0) is 11.9. The summed E-state index contributed by atoms with van der Waals surface area (Å²) in [6.45, 7) is 3.93. The van der Waals surface area contributed by atoms with Crippen LogP contribution in [0.4, 0.5) is 13.2 Å². The van der Waals surface area contributed by atoms with Crippen LogP contribution in [0.15, 0.2) is 28.5 Å². The van der Waals surface area contributed by atoms with Crippen LogP contribution in [0.25, 0.3) is 0 Å². The Morgan fingerprint density at radius 1 is 1.56 bits per heavy atom. The molecule has 2 heterocycles. The van der Waals surface area contributed by atoms with E-state index in [4.69, 9.17) is 11.6 Å². The van der Waals surface area contributed by atoms with Gasteiger partial charge in [-0.2, -0.15) is 13.2 Å². The maximum Gasteiger partial charge on any atom is 0.408 e. The molecular formula is C9H9ClF3N3. The fourth-order valence-corrected chi connectivity index (χ4v) is 1.84. The second kappa shape index (κ2) is 3.69. The van der Waals surface area contributed by atoms with Gasteiger partial charge in [-0.05, 0) is 12.5 Å². The molecule has 0 aromatic carbocycles. The van der Waals surface area contributed by atoms with Crippen molar-refractivity contribution in [2.75, 3.05) is 6.54 Å². The van der Waals surface area contributed by atoms with Crippen LogP contribution in [0.3, 0.4) is 0 Å². The Hall–Kier alpha value is -1.17. The van der Waals surface area contributed by atoms with E-state index < -0.39 is 12.2 Å². The molecule has 0 saturated carbocycles. The number of alkyl halides is 3. The van der Waals surface area contributed by atoms with E-state index in [0.717, 1.165) is 0 Å². The van der Waals surface area contributed by atoms with Gasteiger partial charge in [-0.15, -0.1) is 0 Å². The van der Waals surface area contributed by atoms with Crippen LogP contribution < -0.4 is 5.32 Å². The van der Waals surface area contributed by atoms with Crippen LogP contribution in [-0.4, -0.2) is 29.6 Å². The smallest absolute Gasteiger partial charge is 0.344 e. The molecule has 3 nitrogen and oxygen atoms in total. The second-order valence-corrected chi connectivity index (χ2v) is 3.96. The van der Waals surface area contributed by atoms with Crippen LogP contribution in [0.2, 0.25) is 0 Å². The second-order valence-electron chi connectivity index (χ2n) is 3.57. The standard InChI is InChI=1S/C9H9ClF3N3/c1-5-4-7(10)15-8-14-6(9(11,12)13)2-3-16(5)8/h4,6H,1-3H2,(H,14,15). The molecule has 0 aliphatic carbocycles. The lowest BCUT2D eigenvalue weighted by Gasteiger charge is -2.38. The van der Waals surface area contributed by atoms with Gasteiger partial charge in [-0.3, -0.25) is 0 Å². The Morgan fingerprint density at radius 2 is 2.25 bits per heavy atom. The molecule has 2 rings (SSSR count). The van der Waals surface area contributed by atoms with Crippen molar-refractivity contribution in [3.8, 4) is 0 Å². The van der Waals surface area contributed by atoms with Crippen molar-refractivity contribution in [2.45, 2.75) is 18.6 Å². The summed E-state index contributed by atoms with van der Waals surface area (Å²) < 4.78 is 37.5. The average molecular weight is 252 g/mol. The first-order valence-electron chi connectivity index (χ1n) is 4.63. The number of aliphatic imine (C=N–C) groups is 1. The Balaban J connectivity index is 2.21. The van der Waals surface area contributed by atoms with Crippen molar-refractivity contribution in [3.05, 3.63) is 23.5 Å². The molecule has 1 saturated heterocycles. The molecule has 1 atom stereocenters. The number of hydrogen-bond donors (Lipinski definition) is 1. The zero-order valence-corrected chi connectivity index (χ0v) is 8.94. The Kier molecular flexibility index (Phi) is 2.61. The predicted octanol–water partition coefficient (Wildman–Crippen LogP) is 2.18. The minimum atomic E-state index is -4.27. The fourth-order valence-electron chi connectivity index (χ4n) is 1.64. The molecule has 7 heteroatoms. The quantitative estimate of drug-likeness (QED) is 0.668. The third-order valence-corrected chi connectivity index (χ3v) is 2.63. The predicted molar refractivity (Wildman–Crippen MR) is 54.8 cm³/mol. The number of fused-ring (bicyclic) bond motifs is 1. The van der Waals surface area contributed by atoms with E-state index in [0.29, 0.717) is 5.70 Å². The van der Waals surface area contributed by atoms with Crippen LogP contribution in [-0.2, 0) is 0 Å². The first kappa shape index (κ1) is 11.3. The monoisotopic (exact) mass is 251 g/mol. The molecule has 1 unspecified atom stereocenters. The van der Waals surface area contributed by atoms with E-state index in [2.05, 4.69) is 16.9 Å². The maximum absolute atomic E-state index is 12.5. The van der Waals surface area contributed by atoms with Gasteiger partial charge in [0.2, 0.25) is 5.96 Å². The van der Waals surface area contributed by atoms with Gasteiger partial charge in [-0.1, -0.05) is 18.2 Å². The first-order chi connectivity index (χ1) is 7.38. The van der Waals surface area contributed by atoms with Gasteiger partial charge in [0, 0.05) is 12.2 Å². The van der Waals surface area contributed by atoms with E-state index in [1.165, 1.54) is 6.08 Å². The normalized spacial score (nSPS) is 25.6. The molecule has 0 radical (unpaired) electrons. The zero-order valence-electron chi connectivity index (χ0n) is 8.18. The highest BCUT2D eigenvalue weighted by atomic mass is 35.5. The number of rotatable bonds is 0. The third-order valence-electron chi connectivity index (χ3n) is 2.44. The van der Waals surface area contributed by atoms with Gasteiger partial charge in [0.25, 0.3) is 0 Å². The van der Waals surface area contributed by atoms with Gasteiger partial charge in [0.15, 0.2) is 0 Å². The molecule has 0 aromatic heterocycles. The topological polar surface area (TPSA) is 27.6 Å². The van der Waals surface area contributed by atoms with E-state index in [-0.39, 0.29) is 24.1 Å². The number of allylic oxidation sites excluding steroid dienone is 1. The minimum absolute atomic E-state index is 0.0347. The molecule has 2 aliphatic heterocycles. The van der Waals surface area contributed by atoms with E-state index >= 15 is 0 Å². The molecule has 0 bridgehead atoms. The average Bonchev–Trinajstić information content (AvgIpc) is 2.15. The number of hydrogen-bond acceptors (Lipinski definition) is 3. The summed E-state index contributed by atoms with van der Waals surface area (Å²) >= 11 is 5.66. The molecule has 0 amide bonds. The van der Waals surface area contributed by atoms with Crippen molar-refractivity contribution in [2.24, 2.45) is 4.99 Å². The van der Waals surface area contributed by atoms with Gasteiger partial charge in [-0.25, -0.2) is 4.99 Å². The number of nitrogens with zero attached hydrogens (tertiary/aromatic N) is 2. The lowest BCUT2D eigenvalue weighted by Crippen LogP contribution is -2.57. The number of halogens is 4. The van der Waals surface area contributed by atoms with Gasteiger partial charge < -0.3 is 10.2 Å². The van der Waals surface area contributed by atoms with Crippen LogP contribution >= 0.6 is 11.6 Å². The van der Waals surface area contributed by atoms with Crippen LogP contribution in [0.5, 0.6) is 0 Å². The summed E-state index contributed by atoms with van der Waals surface area (Å²) in [5.74, 6) is 0.117. The van der Waals surface area contributed by atoms with E-state index in [9.17, 15) is 13.2 Å². The summed E-state index contributed by atoms with van der Waals surface area (Å²) in [5, 5.41) is 2.45. The lowest BCUT2D eigenvalue weighted by molar-refractivity contribution is -0.156. The summed E-state index contributed by atoms with van der Waals surface area (Å²) in [6, 6.07) is -1.57. The third kappa shape index (κ3) is 2.02. The number of nitrogens with one attached hydrogen (secondary N) is 1. The number of guanidine groups is 1. The molecule has 16 heavy (non-hydrogen) atoms. The molecule has 0 spiro atoms. The van der Waals surface area contributed by atoms with Gasteiger partial charge in [0.1, 0.15) is 11.2 Å². The molecule has 1 N–H and O–H groups in total. The first-order valence-corrected chi connectivity index (χ1v) is 5.01. The van der Waals surface area contributed by atoms with Crippen molar-refractivity contribution < 1.29 is 13.2 Å². The van der Waals surface area contributed by atoms with E-state index in [1.807, 2.05) is 0 Å². The van der Waals surface area contributed by atoms with E-state index in [1.54, 1.807) is 4.90 Å². The van der Waals surface area contributed by atoms with Crippen molar-refractivity contribution >= 4 is 17.6 Å². The van der Waals surface area contributed by atoms with Crippen molar-refractivity contribution in [1.29, 1.82) is 0 Å². The van der Waals surface area contributed by atoms with Gasteiger partial charge >= 0.3 is 6.18 Å². The summed E-state index contributed by atoms with van der Waals surface area (Å²) in [7, 11) is 0. The van der Waals surface area contributed by atoms with Gasteiger partial charge in [0.05, 0.1) is 0 Å². The summed E-state index contributed by atoms with van der Waals surface area (Å²) in [6.07, 6.45) is -2.79. The largest absolute Gasteiger partial charge is 0.408 e. The Labute approximate surface area is 95.3 Å². The maximum atomic E-state index is 12.5. The van der Waals surface area contributed by atoms with Crippen LogP contribution in [0.1, 0.15) is 6.42 Å². The molecule has 2 aliphatic rings. The fraction of sp³-hybridized carbons (Fsp3) is 0.444. The lowest BCUT2D eigenvalue weighted by atomic mass is 10.1. The van der Waals surface area contributed by atoms with Crippen LogP contribution in [0, 0.1) is 0 Å². The Morgan fingerprint density at radius 3 is 2.88 bits per heavy atom. The van der Waals surface area contributed by atoms with Crippen molar-refractivity contribution in [3.63, 3.8) is 0 Å². The molecule has 1 fully saturated rings. The highest BCUT2D eigenvalue weighted by Gasteiger charge is 2.43.